The summed E-state index contributed by atoms with van der Waals surface area (Å²) in [6.07, 6.45) is 7.20. The highest BCUT2D eigenvalue weighted by molar-refractivity contribution is 5.95. The Bertz CT molecular complexity index is 1060. The SMILES string of the molecule is CCCCOc1cc(-c2ccccc2C)c(NC(=O)NC(c2cccnc2)C(C)(C)C)cn1. The minimum atomic E-state index is -0.296. The third-order valence-corrected chi connectivity index (χ3v) is 5.47. The highest BCUT2D eigenvalue weighted by Gasteiger charge is 2.28. The van der Waals surface area contributed by atoms with Gasteiger partial charge < -0.3 is 15.4 Å². The Balaban J connectivity index is 1.88. The van der Waals surface area contributed by atoms with Gasteiger partial charge in [-0.2, -0.15) is 0 Å². The summed E-state index contributed by atoms with van der Waals surface area (Å²) >= 11 is 0. The topological polar surface area (TPSA) is 76.1 Å². The van der Waals surface area contributed by atoms with Gasteiger partial charge in [0.15, 0.2) is 0 Å². The Morgan fingerprint density at radius 3 is 2.55 bits per heavy atom. The number of unbranched alkanes of at least 4 members (excludes halogenated alkanes) is 1. The van der Waals surface area contributed by atoms with E-state index >= 15 is 0 Å². The Morgan fingerprint density at radius 1 is 1.09 bits per heavy atom. The first-order valence-corrected chi connectivity index (χ1v) is 11.5. The minimum Gasteiger partial charge on any atom is -0.478 e. The molecule has 0 radical (unpaired) electrons. The lowest BCUT2D eigenvalue weighted by molar-refractivity contribution is 0.229. The number of hydrogen-bond donors (Lipinski definition) is 2. The molecule has 1 atom stereocenters. The van der Waals surface area contributed by atoms with Gasteiger partial charge in [-0.15, -0.1) is 0 Å². The van der Waals surface area contributed by atoms with Crippen LogP contribution in [0, 0.1) is 12.3 Å². The summed E-state index contributed by atoms with van der Waals surface area (Å²) in [7, 11) is 0. The van der Waals surface area contributed by atoms with Gasteiger partial charge in [0.1, 0.15) is 0 Å². The molecule has 0 aliphatic carbocycles. The van der Waals surface area contributed by atoms with Gasteiger partial charge in [0.05, 0.1) is 24.5 Å². The molecule has 174 valence electrons. The van der Waals surface area contributed by atoms with Crippen LogP contribution in [0.4, 0.5) is 10.5 Å². The first kappa shape index (κ1) is 24.2. The van der Waals surface area contributed by atoms with Gasteiger partial charge in [-0.25, -0.2) is 9.78 Å². The lowest BCUT2D eigenvalue weighted by Gasteiger charge is -2.31. The number of benzene rings is 1. The van der Waals surface area contributed by atoms with Crippen molar-refractivity contribution in [3.8, 4) is 17.0 Å². The molecule has 1 aromatic carbocycles. The van der Waals surface area contributed by atoms with Gasteiger partial charge in [-0.05, 0) is 41.5 Å². The maximum atomic E-state index is 13.1. The van der Waals surface area contributed by atoms with E-state index in [1.54, 1.807) is 18.6 Å². The van der Waals surface area contributed by atoms with E-state index in [0.29, 0.717) is 18.2 Å². The molecule has 0 aliphatic heterocycles. The van der Waals surface area contributed by atoms with Crippen molar-refractivity contribution in [3.63, 3.8) is 0 Å². The van der Waals surface area contributed by atoms with Gasteiger partial charge in [0, 0.05) is 24.0 Å². The Labute approximate surface area is 196 Å². The Morgan fingerprint density at radius 2 is 1.88 bits per heavy atom. The van der Waals surface area contributed by atoms with E-state index in [4.69, 9.17) is 4.74 Å². The van der Waals surface area contributed by atoms with Crippen molar-refractivity contribution in [2.24, 2.45) is 5.41 Å². The first-order chi connectivity index (χ1) is 15.8. The molecule has 0 aliphatic rings. The van der Waals surface area contributed by atoms with Crippen LogP contribution in [0.15, 0.2) is 61.1 Å². The molecule has 6 heteroatoms. The molecule has 2 amide bonds. The van der Waals surface area contributed by atoms with Crippen LogP contribution in [0.5, 0.6) is 5.88 Å². The van der Waals surface area contributed by atoms with Crippen molar-refractivity contribution in [2.45, 2.75) is 53.5 Å². The number of nitrogens with one attached hydrogen (secondary N) is 2. The van der Waals surface area contributed by atoms with E-state index in [2.05, 4.69) is 61.3 Å². The molecule has 0 bridgehead atoms. The average Bonchev–Trinajstić information content (AvgIpc) is 2.79. The van der Waals surface area contributed by atoms with E-state index in [1.165, 1.54) is 0 Å². The number of carbonyl (C=O) groups is 1. The third kappa shape index (κ3) is 6.54. The zero-order valence-electron chi connectivity index (χ0n) is 20.2. The number of aromatic nitrogens is 2. The molecule has 2 N–H and O–H groups in total. The number of amides is 2. The molecular weight excluding hydrogens is 412 g/mol. The van der Waals surface area contributed by atoms with Gasteiger partial charge >= 0.3 is 6.03 Å². The molecule has 1 unspecified atom stereocenters. The van der Waals surface area contributed by atoms with E-state index in [-0.39, 0.29) is 17.5 Å². The van der Waals surface area contributed by atoms with E-state index in [1.807, 2.05) is 36.4 Å². The smallest absolute Gasteiger partial charge is 0.319 e. The fourth-order valence-corrected chi connectivity index (χ4v) is 3.67. The summed E-state index contributed by atoms with van der Waals surface area (Å²) in [5.41, 5.74) is 4.39. The summed E-state index contributed by atoms with van der Waals surface area (Å²) in [6, 6.07) is 13.3. The number of urea groups is 1. The lowest BCUT2D eigenvalue weighted by atomic mass is 9.83. The molecule has 3 rings (SSSR count). The summed E-state index contributed by atoms with van der Waals surface area (Å²) in [6.45, 7) is 11.1. The maximum absolute atomic E-state index is 13.1. The van der Waals surface area contributed by atoms with Crippen molar-refractivity contribution in [2.75, 3.05) is 11.9 Å². The van der Waals surface area contributed by atoms with Crippen LogP contribution in [-0.4, -0.2) is 22.6 Å². The van der Waals surface area contributed by atoms with E-state index in [0.717, 1.165) is 35.1 Å². The normalized spacial score (nSPS) is 12.2. The van der Waals surface area contributed by atoms with Crippen LogP contribution in [0.1, 0.15) is 57.7 Å². The molecule has 2 heterocycles. The molecule has 0 saturated heterocycles. The predicted octanol–water partition coefficient (Wildman–Crippen LogP) is 6.54. The average molecular weight is 447 g/mol. The van der Waals surface area contributed by atoms with Crippen molar-refractivity contribution >= 4 is 11.7 Å². The summed E-state index contributed by atoms with van der Waals surface area (Å²) in [5.74, 6) is 0.551. The molecular formula is C27H34N4O2. The van der Waals surface area contributed by atoms with Gasteiger partial charge in [0.25, 0.3) is 0 Å². The minimum absolute atomic E-state index is 0.200. The van der Waals surface area contributed by atoms with Gasteiger partial charge in [0.2, 0.25) is 5.88 Å². The highest BCUT2D eigenvalue weighted by Crippen LogP contribution is 2.34. The zero-order valence-corrected chi connectivity index (χ0v) is 20.2. The Hall–Kier alpha value is -3.41. The van der Waals surface area contributed by atoms with Crippen LogP contribution in [0.3, 0.4) is 0 Å². The van der Waals surface area contributed by atoms with Crippen LogP contribution < -0.4 is 15.4 Å². The quantitative estimate of drug-likeness (QED) is 0.385. The number of aryl methyl sites for hydroxylation is 1. The maximum Gasteiger partial charge on any atom is 0.319 e. The number of anilines is 1. The number of pyridine rings is 2. The summed E-state index contributed by atoms with van der Waals surface area (Å²) < 4.78 is 5.83. The fraction of sp³-hybridized carbons (Fsp3) is 0.370. The molecule has 6 nitrogen and oxygen atoms in total. The van der Waals surface area contributed by atoms with Crippen molar-refractivity contribution < 1.29 is 9.53 Å². The fourth-order valence-electron chi connectivity index (χ4n) is 3.67. The highest BCUT2D eigenvalue weighted by atomic mass is 16.5. The standard InChI is InChI=1S/C27H34N4O2/c1-6-7-15-33-24-16-22(21-13-9-8-11-19(21)2)23(18-29-24)30-26(32)31-25(27(3,4)5)20-12-10-14-28-17-20/h8-14,16-18,25H,6-7,15H2,1-5H3,(H2,30,31,32). The van der Waals surface area contributed by atoms with Crippen molar-refractivity contribution in [1.82, 2.24) is 15.3 Å². The number of ether oxygens (including phenoxy) is 1. The predicted molar refractivity (Wildman–Crippen MR) is 133 cm³/mol. The van der Waals surface area contributed by atoms with Gasteiger partial charge in [-0.1, -0.05) is 64.4 Å². The molecule has 0 spiro atoms. The molecule has 33 heavy (non-hydrogen) atoms. The number of nitrogens with zero attached hydrogens (tertiary/aromatic N) is 2. The largest absolute Gasteiger partial charge is 0.478 e. The second-order valence-corrected chi connectivity index (χ2v) is 9.27. The second kappa shape index (κ2) is 10.9. The summed E-state index contributed by atoms with van der Waals surface area (Å²) in [4.78, 5) is 21.8. The second-order valence-electron chi connectivity index (χ2n) is 9.27. The number of carbonyl (C=O) groups excluding carboxylic acids is 1. The van der Waals surface area contributed by atoms with Crippen LogP contribution in [0.25, 0.3) is 11.1 Å². The van der Waals surface area contributed by atoms with Crippen molar-refractivity contribution in [3.05, 3.63) is 72.2 Å². The van der Waals surface area contributed by atoms with Crippen LogP contribution in [0.2, 0.25) is 0 Å². The van der Waals surface area contributed by atoms with Crippen molar-refractivity contribution in [1.29, 1.82) is 0 Å². The zero-order chi connectivity index (χ0) is 23.8. The molecule has 0 fully saturated rings. The first-order valence-electron chi connectivity index (χ1n) is 11.5. The van der Waals surface area contributed by atoms with E-state index in [9.17, 15) is 4.79 Å². The molecule has 0 saturated carbocycles. The van der Waals surface area contributed by atoms with Crippen LogP contribution in [-0.2, 0) is 0 Å². The number of hydrogen-bond acceptors (Lipinski definition) is 4. The Kier molecular flexibility index (Phi) is 8.04. The van der Waals surface area contributed by atoms with Crippen LogP contribution >= 0.6 is 0 Å². The van der Waals surface area contributed by atoms with Gasteiger partial charge in [-0.3, -0.25) is 4.98 Å². The third-order valence-electron chi connectivity index (χ3n) is 5.47. The lowest BCUT2D eigenvalue weighted by Crippen LogP contribution is -2.39. The summed E-state index contributed by atoms with van der Waals surface area (Å²) in [5, 5.41) is 6.14. The molecule has 3 aromatic rings. The number of rotatable bonds is 8. The monoisotopic (exact) mass is 446 g/mol. The molecule has 2 aromatic heterocycles. The van der Waals surface area contributed by atoms with E-state index < -0.39 is 0 Å².